The Bertz CT molecular complexity index is 693. The van der Waals surface area contributed by atoms with Crippen LogP contribution >= 0.6 is 23.2 Å². The summed E-state index contributed by atoms with van der Waals surface area (Å²) in [5.41, 5.74) is 6.31. The van der Waals surface area contributed by atoms with Crippen LogP contribution in [-0.2, 0) is 6.61 Å². The minimum Gasteiger partial charge on any atom is -0.487 e. The molecule has 0 aliphatic rings. The average Bonchev–Trinajstić information content (AvgIpc) is 2.48. The van der Waals surface area contributed by atoms with Gasteiger partial charge in [-0.3, -0.25) is 0 Å². The van der Waals surface area contributed by atoms with Gasteiger partial charge in [0, 0.05) is 22.2 Å². The zero-order chi connectivity index (χ0) is 15.4. The summed E-state index contributed by atoms with van der Waals surface area (Å²) in [6, 6.07) is 8.71. The van der Waals surface area contributed by atoms with E-state index in [1.165, 1.54) is 12.1 Å². The molecule has 0 aliphatic heterocycles. The van der Waals surface area contributed by atoms with Gasteiger partial charge in [0.15, 0.2) is 5.84 Å². The first kappa shape index (κ1) is 15.4. The maximum Gasteiger partial charge on any atom is 0.170 e. The van der Waals surface area contributed by atoms with E-state index < -0.39 is 5.82 Å². The summed E-state index contributed by atoms with van der Waals surface area (Å²) in [6.45, 7) is 0.0614. The van der Waals surface area contributed by atoms with Crippen molar-refractivity contribution in [2.45, 2.75) is 6.61 Å². The van der Waals surface area contributed by atoms with Crippen LogP contribution in [0, 0.1) is 5.82 Å². The minimum atomic E-state index is -0.499. The lowest BCUT2D eigenvalue weighted by molar-refractivity contribution is 0.305. The molecule has 0 aromatic heterocycles. The molecule has 0 unspecified atom stereocenters. The number of halogens is 3. The third-order valence-electron chi connectivity index (χ3n) is 2.73. The third kappa shape index (κ3) is 3.77. The summed E-state index contributed by atoms with van der Waals surface area (Å²) < 4.78 is 18.8. The van der Waals surface area contributed by atoms with Crippen molar-refractivity contribution in [3.05, 3.63) is 63.4 Å². The van der Waals surface area contributed by atoms with E-state index in [1.807, 2.05) is 0 Å². The zero-order valence-corrected chi connectivity index (χ0v) is 12.2. The van der Waals surface area contributed by atoms with Crippen molar-refractivity contribution >= 4 is 29.0 Å². The van der Waals surface area contributed by atoms with E-state index in [-0.39, 0.29) is 18.0 Å². The lowest BCUT2D eigenvalue weighted by Crippen LogP contribution is -2.17. The first-order valence-corrected chi connectivity index (χ1v) is 6.61. The number of hydrogen-bond donors (Lipinski definition) is 2. The van der Waals surface area contributed by atoms with Crippen LogP contribution in [0.5, 0.6) is 5.75 Å². The molecule has 110 valence electrons. The molecule has 3 N–H and O–H groups in total. The number of nitrogens with zero attached hydrogens (tertiary/aromatic N) is 1. The van der Waals surface area contributed by atoms with E-state index in [0.717, 1.165) is 6.07 Å². The van der Waals surface area contributed by atoms with Gasteiger partial charge in [0.25, 0.3) is 0 Å². The lowest BCUT2D eigenvalue weighted by atomic mass is 10.1. The molecule has 0 aliphatic carbocycles. The summed E-state index contributed by atoms with van der Waals surface area (Å²) in [4.78, 5) is 0. The zero-order valence-electron chi connectivity index (χ0n) is 10.7. The highest BCUT2D eigenvalue weighted by molar-refractivity contribution is 6.34. The minimum absolute atomic E-state index is 0.0614. The van der Waals surface area contributed by atoms with Crippen molar-refractivity contribution in [2.24, 2.45) is 10.9 Å². The Hall–Kier alpha value is -1.98. The van der Waals surface area contributed by atoms with Crippen molar-refractivity contribution in [3.63, 3.8) is 0 Å². The van der Waals surface area contributed by atoms with Crippen LogP contribution < -0.4 is 10.5 Å². The molecule has 7 heteroatoms. The molecule has 0 radical (unpaired) electrons. The maximum absolute atomic E-state index is 13.3. The fourth-order valence-corrected chi connectivity index (χ4v) is 2.04. The predicted molar refractivity (Wildman–Crippen MR) is 79.7 cm³/mol. The van der Waals surface area contributed by atoms with E-state index >= 15 is 0 Å². The van der Waals surface area contributed by atoms with Gasteiger partial charge in [-0.15, -0.1) is 0 Å². The van der Waals surface area contributed by atoms with Gasteiger partial charge < -0.3 is 15.7 Å². The molecule has 0 spiro atoms. The number of oxime groups is 1. The van der Waals surface area contributed by atoms with Crippen LogP contribution in [0.15, 0.2) is 41.6 Å². The van der Waals surface area contributed by atoms with Gasteiger partial charge in [0.2, 0.25) is 0 Å². The Morgan fingerprint density at radius 3 is 2.71 bits per heavy atom. The molecule has 0 bridgehead atoms. The molecule has 0 fully saturated rings. The maximum atomic E-state index is 13.3. The number of hydrogen-bond acceptors (Lipinski definition) is 3. The quantitative estimate of drug-likeness (QED) is 0.388. The number of nitrogens with two attached hydrogens (primary N) is 1. The molecule has 2 rings (SSSR count). The van der Waals surface area contributed by atoms with Gasteiger partial charge in [-0.05, 0) is 24.3 Å². The second-order valence-corrected chi connectivity index (χ2v) is 4.99. The summed E-state index contributed by atoms with van der Waals surface area (Å²) in [5, 5.41) is 12.5. The smallest absolute Gasteiger partial charge is 0.170 e. The van der Waals surface area contributed by atoms with Gasteiger partial charge in [-0.2, -0.15) is 0 Å². The molecule has 0 atom stereocenters. The molecular formula is C14H11Cl2FN2O2. The van der Waals surface area contributed by atoms with Gasteiger partial charge >= 0.3 is 0 Å². The standard InChI is InChI=1S/C14H11Cl2FN2O2/c15-9-2-4-12(16)13(5-9)21-7-8-1-3-10(17)6-11(8)14(18)19-20/h1-6,20H,7H2,(H2,18,19). The van der Waals surface area contributed by atoms with Crippen molar-refractivity contribution < 1.29 is 14.3 Å². The monoisotopic (exact) mass is 328 g/mol. The topological polar surface area (TPSA) is 67.8 Å². The SMILES string of the molecule is NC(=NO)c1cc(F)ccc1COc1cc(Cl)ccc1Cl. The van der Waals surface area contributed by atoms with Gasteiger partial charge in [0.1, 0.15) is 18.2 Å². The third-order valence-corrected chi connectivity index (χ3v) is 3.28. The van der Waals surface area contributed by atoms with E-state index in [9.17, 15) is 4.39 Å². The molecule has 4 nitrogen and oxygen atoms in total. The van der Waals surface area contributed by atoms with Crippen LogP contribution in [0.25, 0.3) is 0 Å². The number of amidine groups is 1. The Morgan fingerprint density at radius 1 is 1.24 bits per heavy atom. The van der Waals surface area contributed by atoms with Crippen molar-refractivity contribution in [2.75, 3.05) is 0 Å². The van der Waals surface area contributed by atoms with Crippen LogP contribution in [0.1, 0.15) is 11.1 Å². The molecule has 0 saturated heterocycles. The van der Waals surface area contributed by atoms with Gasteiger partial charge in [-0.1, -0.05) is 34.4 Å². The Kier molecular flexibility index (Phi) is 4.88. The molecule has 21 heavy (non-hydrogen) atoms. The van der Waals surface area contributed by atoms with Crippen LogP contribution in [0.3, 0.4) is 0 Å². The molecule has 0 saturated carbocycles. The summed E-state index contributed by atoms with van der Waals surface area (Å²) in [5.74, 6) is -0.314. The second kappa shape index (κ2) is 6.65. The first-order chi connectivity index (χ1) is 10.0. The normalized spacial score (nSPS) is 11.5. The number of benzene rings is 2. The van der Waals surface area contributed by atoms with Crippen molar-refractivity contribution in [1.82, 2.24) is 0 Å². The molecule has 0 amide bonds. The number of ether oxygens (including phenoxy) is 1. The summed E-state index contributed by atoms with van der Waals surface area (Å²) >= 11 is 11.8. The van der Waals surface area contributed by atoms with Crippen molar-refractivity contribution in [1.29, 1.82) is 0 Å². The van der Waals surface area contributed by atoms with E-state index in [0.29, 0.717) is 21.4 Å². The van der Waals surface area contributed by atoms with E-state index in [2.05, 4.69) is 5.16 Å². The second-order valence-electron chi connectivity index (χ2n) is 4.15. The first-order valence-electron chi connectivity index (χ1n) is 5.85. The lowest BCUT2D eigenvalue weighted by Gasteiger charge is -2.11. The largest absolute Gasteiger partial charge is 0.487 e. The highest BCUT2D eigenvalue weighted by atomic mass is 35.5. The molecule has 2 aromatic carbocycles. The van der Waals surface area contributed by atoms with E-state index in [4.69, 9.17) is 38.9 Å². The molecule has 0 heterocycles. The van der Waals surface area contributed by atoms with Gasteiger partial charge in [0.05, 0.1) is 5.02 Å². The Labute approximate surface area is 130 Å². The Balaban J connectivity index is 2.26. The molecular weight excluding hydrogens is 318 g/mol. The predicted octanol–water partition coefficient (Wildman–Crippen LogP) is 3.81. The highest BCUT2D eigenvalue weighted by Gasteiger charge is 2.10. The number of rotatable bonds is 4. The summed E-state index contributed by atoms with van der Waals surface area (Å²) in [7, 11) is 0. The fraction of sp³-hybridized carbons (Fsp3) is 0.0714. The molecule has 2 aromatic rings. The van der Waals surface area contributed by atoms with Gasteiger partial charge in [-0.25, -0.2) is 4.39 Å². The highest BCUT2D eigenvalue weighted by Crippen LogP contribution is 2.28. The Morgan fingerprint density at radius 2 is 2.00 bits per heavy atom. The fourth-order valence-electron chi connectivity index (χ4n) is 1.71. The summed E-state index contributed by atoms with van der Waals surface area (Å²) in [6.07, 6.45) is 0. The van der Waals surface area contributed by atoms with Crippen LogP contribution in [0.2, 0.25) is 10.0 Å². The van der Waals surface area contributed by atoms with Crippen molar-refractivity contribution in [3.8, 4) is 5.75 Å². The van der Waals surface area contributed by atoms with Crippen LogP contribution in [-0.4, -0.2) is 11.0 Å². The average molecular weight is 329 g/mol. The van der Waals surface area contributed by atoms with Crippen LogP contribution in [0.4, 0.5) is 4.39 Å². The van der Waals surface area contributed by atoms with E-state index in [1.54, 1.807) is 18.2 Å².